The van der Waals surface area contributed by atoms with Crippen molar-refractivity contribution in [2.75, 3.05) is 0 Å². The number of carbonyl (C=O) groups excluding carboxylic acids is 2. The average Bonchev–Trinajstić information content (AvgIpc) is 3.26. The van der Waals surface area contributed by atoms with Crippen LogP contribution in [0.3, 0.4) is 0 Å². The second-order valence-corrected chi connectivity index (χ2v) is 20.0. The van der Waals surface area contributed by atoms with Crippen LogP contribution in [0.25, 0.3) is 0 Å². The van der Waals surface area contributed by atoms with E-state index in [9.17, 15) is 9.59 Å². The first-order chi connectivity index (χ1) is 30.6. The summed E-state index contributed by atoms with van der Waals surface area (Å²) in [4.78, 5) is 24.5. The highest BCUT2D eigenvalue weighted by Crippen LogP contribution is 2.19. The summed E-state index contributed by atoms with van der Waals surface area (Å²) in [5.41, 5.74) is 0. The maximum Gasteiger partial charge on any atom is 0.308 e. The average molecular weight is 876 g/mol. The number of carbonyl (C=O) groups is 2. The van der Waals surface area contributed by atoms with Crippen LogP contribution in [0.4, 0.5) is 0 Å². The maximum absolute atomic E-state index is 12.2. The molecule has 0 radical (unpaired) electrons. The molecule has 0 unspecified atom stereocenters. The SMILES string of the molecule is CCCCCCCCCCCCCCCCCCCCCCCCCCCC(=O)OC(C)OC(=O)CCCCCCCCCCCCCCCCCCCCCCCCCCC. The van der Waals surface area contributed by atoms with E-state index in [-0.39, 0.29) is 11.9 Å². The lowest BCUT2D eigenvalue weighted by molar-refractivity contribution is -0.184. The zero-order valence-electron chi connectivity index (χ0n) is 43.0. The molecule has 0 saturated carbocycles. The van der Waals surface area contributed by atoms with Crippen molar-refractivity contribution < 1.29 is 19.1 Å². The molecule has 370 valence electrons. The topological polar surface area (TPSA) is 52.6 Å². The Labute approximate surface area is 390 Å². The third kappa shape index (κ3) is 53.3. The first-order valence-electron chi connectivity index (χ1n) is 29.0. The van der Waals surface area contributed by atoms with Gasteiger partial charge >= 0.3 is 11.9 Å². The van der Waals surface area contributed by atoms with Gasteiger partial charge in [-0.15, -0.1) is 0 Å². The molecule has 0 N–H and O–H groups in total. The van der Waals surface area contributed by atoms with Crippen LogP contribution in [-0.4, -0.2) is 18.2 Å². The maximum atomic E-state index is 12.2. The molecule has 0 spiro atoms. The Balaban J connectivity index is 3.31. The van der Waals surface area contributed by atoms with Crippen molar-refractivity contribution in [3.63, 3.8) is 0 Å². The van der Waals surface area contributed by atoms with E-state index in [4.69, 9.17) is 9.47 Å². The molecule has 4 nitrogen and oxygen atoms in total. The van der Waals surface area contributed by atoms with Crippen LogP contribution in [0, 0.1) is 0 Å². The summed E-state index contributed by atoms with van der Waals surface area (Å²) in [6, 6.07) is 0. The second-order valence-electron chi connectivity index (χ2n) is 20.0. The lowest BCUT2D eigenvalue weighted by atomic mass is 10.0. The van der Waals surface area contributed by atoms with Gasteiger partial charge in [-0.1, -0.05) is 322 Å². The minimum atomic E-state index is -0.784. The summed E-state index contributed by atoms with van der Waals surface area (Å²) in [6.07, 6.45) is 68.7. The van der Waals surface area contributed by atoms with E-state index in [0.29, 0.717) is 12.8 Å². The first-order valence-corrected chi connectivity index (χ1v) is 29.0. The third-order valence-electron chi connectivity index (χ3n) is 13.6. The first kappa shape index (κ1) is 60.9. The van der Waals surface area contributed by atoms with Crippen LogP contribution < -0.4 is 0 Å². The van der Waals surface area contributed by atoms with Crippen molar-refractivity contribution in [3.8, 4) is 0 Å². The number of hydrogen-bond acceptors (Lipinski definition) is 4. The summed E-state index contributed by atoms with van der Waals surface area (Å²) in [5, 5.41) is 0. The third-order valence-corrected chi connectivity index (χ3v) is 13.6. The van der Waals surface area contributed by atoms with Gasteiger partial charge in [0.15, 0.2) is 0 Å². The molecule has 0 aliphatic heterocycles. The van der Waals surface area contributed by atoms with Gasteiger partial charge in [0.1, 0.15) is 0 Å². The van der Waals surface area contributed by atoms with Crippen LogP contribution in [0.15, 0.2) is 0 Å². The van der Waals surface area contributed by atoms with E-state index >= 15 is 0 Å². The molecule has 0 heterocycles. The molecular weight excluding hydrogens is 761 g/mol. The van der Waals surface area contributed by atoms with Gasteiger partial charge in [-0.3, -0.25) is 9.59 Å². The Morgan fingerprint density at radius 1 is 0.242 bits per heavy atom. The van der Waals surface area contributed by atoms with Crippen LogP contribution in [0.1, 0.15) is 355 Å². The predicted molar refractivity (Wildman–Crippen MR) is 273 cm³/mol. The highest BCUT2D eigenvalue weighted by Gasteiger charge is 2.14. The molecule has 0 fully saturated rings. The van der Waals surface area contributed by atoms with E-state index in [1.165, 1.54) is 295 Å². The van der Waals surface area contributed by atoms with E-state index < -0.39 is 6.29 Å². The monoisotopic (exact) mass is 875 g/mol. The molecule has 0 rings (SSSR count). The van der Waals surface area contributed by atoms with Gasteiger partial charge in [-0.2, -0.15) is 0 Å². The summed E-state index contributed by atoms with van der Waals surface area (Å²) < 4.78 is 10.7. The Morgan fingerprint density at radius 2 is 0.371 bits per heavy atom. The Kier molecular flexibility index (Phi) is 53.3. The molecule has 0 atom stereocenters. The predicted octanol–water partition coefficient (Wildman–Crippen LogP) is 20.7. The molecule has 0 bridgehead atoms. The summed E-state index contributed by atoms with van der Waals surface area (Å²) in [5.74, 6) is -0.492. The smallest absolute Gasteiger partial charge is 0.308 e. The summed E-state index contributed by atoms with van der Waals surface area (Å²) in [7, 11) is 0. The number of esters is 2. The van der Waals surface area contributed by atoms with Crippen molar-refractivity contribution >= 4 is 11.9 Å². The highest BCUT2D eigenvalue weighted by molar-refractivity contribution is 5.71. The molecular formula is C58H114O4. The fourth-order valence-corrected chi connectivity index (χ4v) is 9.33. The van der Waals surface area contributed by atoms with E-state index in [2.05, 4.69) is 13.8 Å². The Hall–Kier alpha value is -1.06. The summed E-state index contributed by atoms with van der Waals surface area (Å²) >= 11 is 0. The molecule has 0 aromatic rings. The van der Waals surface area contributed by atoms with Crippen molar-refractivity contribution in [1.29, 1.82) is 0 Å². The van der Waals surface area contributed by atoms with Crippen LogP contribution in [0.2, 0.25) is 0 Å². The fraction of sp³-hybridized carbons (Fsp3) is 0.966. The van der Waals surface area contributed by atoms with Crippen molar-refractivity contribution in [2.45, 2.75) is 361 Å². The molecule has 0 saturated heterocycles. The largest absolute Gasteiger partial charge is 0.425 e. The van der Waals surface area contributed by atoms with Crippen LogP contribution in [0.5, 0.6) is 0 Å². The molecule has 0 aromatic carbocycles. The summed E-state index contributed by atoms with van der Waals surface area (Å²) in [6.45, 7) is 6.26. The second kappa shape index (κ2) is 54.3. The molecule has 0 aliphatic rings. The van der Waals surface area contributed by atoms with Gasteiger partial charge in [-0.25, -0.2) is 0 Å². The fourth-order valence-electron chi connectivity index (χ4n) is 9.33. The number of ether oxygens (including phenoxy) is 2. The van der Waals surface area contributed by atoms with Crippen molar-refractivity contribution in [3.05, 3.63) is 0 Å². The number of rotatable bonds is 54. The van der Waals surface area contributed by atoms with Crippen LogP contribution in [-0.2, 0) is 19.1 Å². The molecule has 4 heteroatoms. The lowest BCUT2D eigenvalue weighted by Gasteiger charge is -2.14. The minimum Gasteiger partial charge on any atom is -0.425 e. The zero-order valence-corrected chi connectivity index (χ0v) is 43.0. The minimum absolute atomic E-state index is 0.246. The van der Waals surface area contributed by atoms with Crippen molar-refractivity contribution in [2.24, 2.45) is 0 Å². The van der Waals surface area contributed by atoms with Crippen molar-refractivity contribution in [1.82, 2.24) is 0 Å². The van der Waals surface area contributed by atoms with E-state index in [1.54, 1.807) is 6.92 Å². The zero-order chi connectivity index (χ0) is 44.9. The number of hydrogen-bond donors (Lipinski definition) is 0. The normalized spacial score (nSPS) is 11.5. The van der Waals surface area contributed by atoms with Gasteiger partial charge in [0.05, 0.1) is 0 Å². The van der Waals surface area contributed by atoms with E-state index in [0.717, 1.165) is 25.7 Å². The molecule has 0 amide bonds. The van der Waals surface area contributed by atoms with Gasteiger partial charge in [0.25, 0.3) is 0 Å². The Bertz CT molecular complexity index is 788. The van der Waals surface area contributed by atoms with Gasteiger partial charge in [0, 0.05) is 19.8 Å². The standard InChI is InChI=1S/C58H114O4/c1-4-6-8-10-12-14-16-18-20-22-24-26-28-30-32-34-36-38-40-42-44-46-48-50-52-54-57(59)61-56(3)62-58(60)55-53-51-49-47-45-43-41-39-37-35-33-31-29-27-25-23-21-19-17-15-13-11-9-7-5-2/h56H,4-55H2,1-3H3. The van der Waals surface area contributed by atoms with Gasteiger partial charge in [0.2, 0.25) is 6.29 Å². The van der Waals surface area contributed by atoms with Gasteiger partial charge in [-0.05, 0) is 12.8 Å². The quantitative estimate of drug-likeness (QED) is 0.0347. The number of unbranched alkanes of at least 4 members (excludes halogenated alkanes) is 48. The Morgan fingerprint density at radius 3 is 0.516 bits per heavy atom. The van der Waals surface area contributed by atoms with Crippen LogP contribution >= 0.6 is 0 Å². The van der Waals surface area contributed by atoms with Gasteiger partial charge < -0.3 is 9.47 Å². The van der Waals surface area contributed by atoms with E-state index in [1.807, 2.05) is 0 Å². The molecule has 62 heavy (non-hydrogen) atoms. The molecule has 0 aliphatic carbocycles. The lowest BCUT2D eigenvalue weighted by Crippen LogP contribution is -2.21. The molecule has 0 aromatic heterocycles. The highest BCUT2D eigenvalue weighted by atomic mass is 16.7.